The average Bonchev–Trinajstić information content (AvgIpc) is 3.79. The van der Waals surface area contributed by atoms with Crippen molar-refractivity contribution >= 4 is 26.7 Å². The molecule has 2 N–H and O–H groups in total. The third-order valence-electron chi connectivity index (χ3n) is 10.5. The number of carboxylic acid groups (broad SMARTS) is 1. The Balaban J connectivity index is 1.36. The van der Waals surface area contributed by atoms with Crippen LogP contribution in [0.4, 0.5) is 8.78 Å². The van der Waals surface area contributed by atoms with Crippen molar-refractivity contribution in [1.82, 2.24) is 19.7 Å². The van der Waals surface area contributed by atoms with Crippen molar-refractivity contribution in [3.8, 4) is 22.9 Å². The summed E-state index contributed by atoms with van der Waals surface area (Å²) < 4.78 is 66.2. The van der Waals surface area contributed by atoms with Gasteiger partial charge in [0.15, 0.2) is 33.1 Å². The highest BCUT2D eigenvalue weighted by atomic mass is 32.2. The molecule has 4 bridgehead atoms. The van der Waals surface area contributed by atoms with Gasteiger partial charge in [-0.2, -0.15) is 5.10 Å². The van der Waals surface area contributed by atoms with Crippen molar-refractivity contribution in [2.75, 3.05) is 11.5 Å². The summed E-state index contributed by atoms with van der Waals surface area (Å²) in [5, 5.41) is 15.1. The summed E-state index contributed by atoms with van der Waals surface area (Å²) in [5.74, 6) is -2.05. The lowest BCUT2D eigenvalue weighted by Gasteiger charge is -2.31. The van der Waals surface area contributed by atoms with Crippen LogP contribution in [0.5, 0.6) is 11.5 Å². The molecule has 9 nitrogen and oxygen atoms in total. The molecule has 0 saturated heterocycles. The van der Waals surface area contributed by atoms with E-state index in [0.717, 1.165) is 16.7 Å². The Hall–Kier alpha value is -4.58. The molecule has 0 spiro atoms. The van der Waals surface area contributed by atoms with Gasteiger partial charge in [-0.05, 0) is 85.4 Å². The fraction of sp³-hybridized carbons (Fsp3) is 0.395. The number of carboxylic acids is 1. The molecule has 0 amide bonds. The molecule has 1 aliphatic carbocycles. The summed E-state index contributed by atoms with van der Waals surface area (Å²) in [6.07, 6.45) is 4.37. The average molecular weight is 703 g/mol. The van der Waals surface area contributed by atoms with E-state index >= 15 is 8.78 Å². The van der Waals surface area contributed by atoms with Gasteiger partial charge in [0.05, 0.1) is 28.4 Å². The highest BCUT2D eigenvalue weighted by Gasteiger charge is 2.37. The minimum Gasteiger partial charge on any atom is -0.481 e. The van der Waals surface area contributed by atoms with E-state index in [9.17, 15) is 18.3 Å². The highest BCUT2D eigenvalue weighted by molar-refractivity contribution is 7.91. The molecule has 1 aliphatic heterocycles. The number of aromatic nitrogens is 4. The van der Waals surface area contributed by atoms with Crippen LogP contribution in [0.2, 0.25) is 0 Å². The lowest BCUT2D eigenvalue weighted by Crippen LogP contribution is -2.29. The minimum absolute atomic E-state index is 0.0275. The van der Waals surface area contributed by atoms with Crippen LogP contribution < -0.4 is 4.74 Å². The first-order valence-electron chi connectivity index (χ1n) is 16.9. The summed E-state index contributed by atoms with van der Waals surface area (Å²) in [7, 11) is -1.90. The van der Waals surface area contributed by atoms with E-state index in [1.165, 1.54) is 28.9 Å². The van der Waals surface area contributed by atoms with Crippen molar-refractivity contribution in [3.05, 3.63) is 94.4 Å². The van der Waals surface area contributed by atoms with Gasteiger partial charge < -0.3 is 14.8 Å². The van der Waals surface area contributed by atoms with Crippen LogP contribution in [0.15, 0.2) is 54.7 Å². The molecule has 0 radical (unpaired) electrons. The van der Waals surface area contributed by atoms with Crippen molar-refractivity contribution in [2.24, 2.45) is 18.4 Å². The largest absolute Gasteiger partial charge is 0.481 e. The van der Waals surface area contributed by atoms with Crippen LogP contribution in [0.25, 0.3) is 22.3 Å². The quantitative estimate of drug-likeness (QED) is 0.198. The van der Waals surface area contributed by atoms with Crippen molar-refractivity contribution < 1.29 is 31.8 Å². The number of sulfone groups is 1. The Morgan fingerprint density at radius 1 is 1.02 bits per heavy atom. The number of H-pyrrole nitrogens is 1. The predicted octanol–water partition coefficient (Wildman–Crippen LogP) is 7.31. The smallest absolute Gasteiger partial charge is 0.307 e. The molecular formula is C38H40F2N4O5S. The fourth-order valence-electron chi connectivity index (χ4n) is 7.73. The zero-order chi connectivity index (χ0) is 35.6. The van der Waals surface area contributed by atoms with Gasteiger partial charge in [-0.1, -0.05) is 38.5 Å². The first-order valence-corrected chi connectivity index (χ1v) is 18.7. The van der Waals surface area contributed by atoms with E-state index in [2.05, 4.69) is 4.98 Å². The van der Waals surface area contributed by atoms with E-state index in [1.807, 2.05) is 39.0 Å². The highest BCUT2D eigenvalue weighted by Crippen LogP contribution is 2.42. The summed E-state index contributed by atoms with van der Waals surface area (Å²) in [6.45, 7) is 5.90. The van der Waals surface area contributed by atoms with Crippen LogP contribution in [-0.4, -0.2) is 50.7 Å². The Bertz CT molecular complexity index is 2260. The first kappa shape index (κ1) is 33.9. The topological polar surface area (TPSA) is 127 Å². The molecular weight excluding hydrogens is 663 g/mol. The molecule has 0 fully saturated rings. The van der Waals surface area contributed by atoms with Crippen LogP contribution in [0.3, 0.4) is 0 Å². The summed E-state index contributed by atoms with van der Waals surface area (Å²) >= 11 is 0. The maximum Gasteiger partial charge on any atom is 0.307 e. The third-order valence-corrected chi connectivity index (χ3v) is 12.5. The van der Waals surface area contributed by atoms with Gasteiger partial charge >= 0.3 is 5.97 Å². The molecule has 3 heterocycles. The van der Waals surface area contributed by atoms with E-state index in [-0.39, 0.29) is 40.8 Å². The summed E-state index contributed by atoms with van der Waals surface area (Å²) in [4.78, 5) is 19.7. The number of halogens is 2. The second kappa shape index (κ2) is 12.3. The monoisotopic (exact) mass is 702 g/mol. The maximum atomic E-state index is 15.7. The molecule has 50 heavy (non-hydrogen) atoms. The number of ether oxygens (including phenoxy) is 1. The number of fused-ring (bicyclic) bond motifs is 9. The van der Waals surface area contributed by atoms with E-state index in [0.29, 0.717) is 54.4 Å². The van der Waals surface area contributed by atoms with Gasteiger partial charge in [-0.15, -0.1) is 0 Å². The molecule has 2 aliphatic rings. The first-order chi connectivity index (χ1) is 23.6. The number of hydrogen-bond acceptors (Lipinski definition) is 6. The number of hydrogen-bond donors (Lipinski definition) is 2. The Morgan fingerprint density at radius 3 is 2.58 bits per heavy atom. The lowest BCUT2D eigenvalue weighted by atomic mass is 9.75. The van der Waals surface area contributed by atoms with E-state index < -0.39 is 44.2 Å². The molecule has 3 aromatic carbocycles. The van der Waals surface area contributed by atoms with Gasteiger partial charge in [-0.3, -0.25) is 4.79 Å². The molecule has 2 atom stereocenters. The Labute approximate surface area is 289 Å². The molecule has 2 unspecified atom stereocenters. The third kappa shape index (κ3) is 6.29. The standard InChI is InChI=1S/C38H40F2N4O5S/c1-37(2)12-5-13-38(3,25-7-6-22-16-24(35(45)46)17-23(22)18-25)36-42-34(44(4)43-36)29-19-26(8-9-30(29)39)49-33-28(11-15-50(47,48)21-37)27-10-14-41-32(27)20-31(33)40/h6-10,14,18-20,24,41H,5,11-13,15-17,21H2,1-4H3,(H,45,46). The summed E-state index contributed by atoms with van der Waals surface area (Å²) in [5.41, 5.74) is 2.56. The maximum absolute atomic E-state index is 15.7. The van der Waals surface area contributed by atoms with Crippen molar-refractivity contribution in [2.45, 2.75) is 64.7 Å². The van der Waals surface area contributed by atoms with Crippen LogP contribution in [-0.2, 0) is 46.4 Å². The fourth-order valence-corrected chi connectivity index (χ4v) is 9.73. The molecule has 5 aromatic rings. The normalized spacial score (nSPS) is 21.8. The number of aryl methyl sites for hydroxylation is 2. The van der Waals surface area contributed by atoms with Crippen LogP contribution in [0, 0.1) is 23.0 Å². The predicted molar refractivity (Wildman–Crippen MR) is 186 cm³/mol. The van der Waals surface area contributed by atoms with Crippen molar-refractivity contribution in [1.29, 1.82) is 0 Å². The Kier molecular flexibility index (Phi) is 8.36. The lowest BCUT2D eigenvalue weighted by molar-refractivity contribution is -0.141. The number of carbonyl (C=O) groups is 1. The molecule has 7 rings (SSSR count). The molecule has 2 aromatic heterocycles. The van der Waals surface area contributed by atoms with Gasteiger partial charge in [-0.25, -0.2) is 26.9 Å². The van der Waals surface area contributed by atoms with Gasteiger partial charge in [0, 0.05) is 35.8 Å². The number of aromatic amines is 1. The Morgan fingerprint density at radius 2 is 1.80 bits per heavy atom. The second-order valence-electron chi connectivity index (χ2n) is 14.9. The van der Waals surface area contributed by atoms with Crippen LogP contribution in [0.1, 0.15) is 68.1 Å². The SMILES string of the molecule is Cn1nc2nc1-c1cc(ccc1F)Oc1c(F)cc3[nH]ccc3c1CCS(=O)(=O)CC(C)(C)CCCC2(C)c1ccc2c(c1)CC(C(=O)O)C2. The zero-order valence-electron chi connectivity index (χ0n) is 28.5. The zero-order valence-corrected chi connectivity index (χ0v) is 29.3. The molecule has 262 valence electrons. The number of nitrogens with one attached hydrogen (secondary N) is 1. The number of benzene rings is 3. The number of rotatable bonds is 2. The molecule has 0 saturated carbocycles. The van der Waals surface area contributed by atoms with Crippen LogP contribution >= 0.6 is 0 Å². The van der Waals surface area contributed by atoms with Gasteiger partial charge in [0.25, 0.3) is 0 Å². The van der Waals surface area contributed by atoms with E-state index in [1.54, 1.807) is 19.3 Å². The van der Waals surface area contributed by atoms with Crippen molar-refractivity contribution in [3.63, 3.8) is 0 Å². The van der Waals surface area contributed by atoms with E-state index in [4.69, 9.17) is 14.8 Å². The minimum atomic E-state index is -3.59. The number of aliphatic carboxylic acids is 1. The number of nitrogens with zero attached hydrogens (tertiary/aromatic N) is 3. The van der Waals surface area contributed by atoms with Gasteiger partial charge in [0.2, 0.25) is 0 Å². The molecule has 12 heteroatoms. The van der Waals surface area contributed by atoms with Gasteiger partial charge in [0.1, 0.15) is 11.6 Å². The second-order valence-corrected chi connectivity index (χ2v) is 17.0. The summed E-state index contributed by atoms with van der Waals surface area (Å²) in [6, 6.07) is 13.2.